The Morgan fingerprint density at radius 3 is 2.79 bits per heavy atom. The van der Waals surface area contributed by atoms with Crippen LogP contribution in [0.1, 0.15) is 45.1 Å². The molecule has 19 heavy (non-hydrogen) atoms. The maximum atomic E-state index is 4.50. The van der Waals surface area contributed by atoms with Gasteiger partial charge in [0.1, 0.15) is 0 Å². The summed E-state index contributed by atoms with van der Waals surface area (Å²) in [6.45, 7) is 8.68. The SMILES string of the molecule is CCCNC(C)C1CCCCN1c1ncc(C)cn1. The maximum Gasteiger partial charge on any atom is 0.225 e. The van der Waals surface area contributed by atoms with Crippen molar-refractivity contribution in [1.29, 1.82) is 0 Å². The highest BCUT2D eigenvalue weighted by Crippen LogP contribution is 2.23. The van der Waals surface area contributed by atoms with Crippen LogP contribution in [-0.2, 0) is 0 Å². The lowest BCUT2D eigenvalue weighted by Gasteiger charge is -2.39. The van der Waals surface area contributed by atoms with Gasteiger partial charge in [-0.05, 0) is 51.6 Å². The zero-order chi connectivity index (χ0) is 13.7. The van der Waals surface area contributed by atoms with Crippen molar-refractivity contribution in [2.45, 2.75) is 58.5 Å². The first-order chi connectivity index (χ1) is 9.22. The van der Waals surface area contributed by atoms with Crippen LogP contribution < -0.4 is 10.2 Å². The van der Waals surface area contributed by atoms with Gasteiger partial charge in [0.25, 0.3) is 0 Å². The van der Waals surface area contributed by atoms with Crippen LogP contribution in [0.5, 0.6) is 0 Å². The van der Waals surface area contributed by atoms with Crippen molar-refractivity contribution in [3.05, 3.63) is 18.0 Å². The van der Waals surface area contributed by atoms with Crippen LogP contribution >= 0.6 is 0 Å². The lowest BCUT2D eigenvalue weighted by atomic mass is 9.96. The van der Waals surface area contributed by atoms with Gasteiger partial charge in [-0.3, -0.25) is 0 Å². The van der Waals surface area contributed by atoms with Gasteiger partial charge in [0.05, 0.1) is 0 Å². The quantitative estimate of drug-likeness (QED) is 0.885. The van der Waals surface area contributed by atoms with Crippen LogP contribution in [0.2, 0.25) is 0 Å². The Labute approximate surface area is 116 Å². The summed E-state index contributed by atoms with van der Waals surface area (Å²) >= 11 is 0. The van der Waals surface area contributed by atoms with Gasteiger partial charge < -0.3 is 10.2 Å². The number of piperidine rings is 1. The molecule has 4 nitrogen and oxygen atoms in total. The molecule has 1 aromatic heterocycles. The molecule has 0 spiro atoms. The minimum atomic E-state index is 0.491. The third kappa shape index (κ3) is 3.66. The van der Waals surface area contributed by atoms with Crippen LogP contribution in [0.4, 0.5) is 5.95 Å². The Morgan fingerprint density at radius 2 is 2.11 bits per heavy atom. The molecule has 1 aliphatic rings. The average Bonchev–Trinajstić information content (AvgIpc) is 2.45. The summed E-state index contributed by atoms with van der Waals surface area (Å²) in [5.41, 5.74) is 1.12. The average molecular weight is 262 g/mol. The van der Waals surface area contributed by atoms with Crippen molar-refractivity contribution in [3.8, 4) is 0 Å². The summed E-state index contributed by atoms with van der Waals surface area (Å²) in [5.74, 6) is 0.889. The van der Waals surface area contributed by atoms with Gasteiger partial charge in [0.2, 0.25) is 5.95 Å². The third-order valence-electron chi connectivity index (χ3n) is 3.87. The molecule has 2 rings (SSSR count). The van der Waals surface area contributed by atoms with Crippen molar-refractivity contribution < 1.29 is 0 Å². The summed E-state index contributed by atoms with van der Waals surface area (Å²) in [6.07, 6.45) is 8.79. The van der Waals surface area contributed by atoms with E-state index in [1.165, 1.54) is 25.7 Å². The fourth-order valence-electron chi connectivity index (χ4n) is 2.77. The monoisotopic (exact) mass is 262 g/mol. The van der Waals surface area contributed by atoms with E-state index in [0.717, 1.165) is 24.6 Å². The predicted molar refractivity (Wildman–Crippen MR) is 79.5 cm³/mol. The number of rotatable bonds is 5. The molecule has 1 saturated heterocycles. The Bertz CT molecular complexity index is 376. The van der Waals surface area contributed by atoms with Gasteiger partial charge in [0.15, 0.2) is 0 Å². The molecule has 1 aliphatic heterocycles. The molecular weight excluding hydrogens is 236 g/mol. The van der Waals surface area contributed by atoms with E-state index in [2.05, 4.69) is 34.0 Å². The van der Waals surface area contributed by atoms with E-state index in [9.17, 15) is 0 Å². The highest BCUT2D eigenvalue weighted by atomic mass is 15.3. The molecule has 1 fully saturated rings. The minimum Gasteiger partial charge on any atom is -0.336 e. The molecule has 0 radical (unpaired) electrons. The molecule has 0 aromatic carbocycles. The van der Waals surface area contributed by atoms with Crippen molar-refractivity contribution in [3.63, 3.8) is 0 Å². The van der Waals surface area contributed by atoms with Crippen LogP contribution in [-0.4, -0.2) is 35.1 Å². The number of aromatic nitrogens is 2. The molecule has 0 saturated carbocycles. The summed E-state index contributed by atoms with van der Waals surface area (Å²) in [5, 5.41) is 3.62. The van der Waals surface area contributed by atoms with E-state index in [1.54, 1.807) is 0 Å². The van der Waals surface area contributed by atoms with E-state index in [4.69, 9.17) is 0 Å². The van der Waals surface area contributed by atoms with E-state index in [1.807, 2.05) is 19.3 Å². The van der Waals surface area contributed by atoms with Gasteiger partial charge in [0, 0.05) is 31.0 Å². The van der Waals surface area contributed by atoms with E-state index in [-0.39, 0.29) is 0 Å². The summed E-state index contributed by atoms with van der Waals surface area (Å²) in [6, 6.07) is 1.01. The lowest BCUT2D eigenvalue weighted by molar-refractivity contribution is 0.364. The molecule has 4 heteroatoms. The molecule has 1 N–H and O–H groups in total. The largest absolute Gasteiger partial charge is 0.336 e. The molecule has 0 bridgehead atoms. The van der Waals surface area contributed by atoms with Crippen LogP contribution in [0.15, 0.2) is 12.4 Å². The minimum absolute atomic E-state index is 0.491. The standard InChI is InChI=1S/C15H26N4/c1-4-8-16-13(3)14-7-5-6-9-19(14)15-17-10-12(2)11-18-15/h10-11,13-14,16H,4-9H2,1-3H3. The lowest BCUT2D eigenvalue weighted by Crippen LogP contribution is -2.52. The second kappa shape index (κ2) is 6.85. The van der Waals surface area contributed by atoms with Crippen molar-refractivity contribution in [1.82, 2.24) is 15.3 Å². The topological polar surface area (TPSA) is 41.0 Å². The first-order valence-corrected chi connectivity index (χ1v) is 7.51. The first-order valence-electron chi connectivity index (χ1n) is 7.51. The number of aryl methyl sites for hydroxylation is 1. The Morgan fingerprint density at radius 1 is 1.37 bits per heavy atom. The van der Waals surface area contributed by atoms with E-state index < -0.39 is 0 Å². The number of hydrogen-bond donors (Lipinski definition) is 1. The zero-order valence-corrected chi connectivity index (χ0v) is 12.4. The van der Waals surface area contributed by atoms with Crippen molar-refractivity contribution in [2.75, 3.05) is 18.0 Å². The molecule has 2 unspecified atom stereocenters. The van der Waals surface area contributed by atoms with Crippen LogP contribution in [0.25, 0.3) is 0 Å². The Hall–Kier alpha value is -1.16. The molecular formula is C15H26N4. The molecule has 0 amide bonds. The maximum absolute atomic E-state index is 4.50. The molecule has 0 aliphatic carbocycles. The second-order valence-corrected chi connectivity index (χ2v) is 5.56. The third-order valence-corrected chi connectivity index (χ3v) is 3.87. The van der Waals surface area contributed by atoms with Crippen LogP contribution in [0.3, 0.4) is 0 Å². The highest BCUT2D eigenvalue weighted by molar-refractivity contribution is 5.33. The van der Waals surface area contributed by atoms with E-state index >= 15 is 0 Å². The number of anilines is 1. The predicted octanol–water partition coefficient (Wildman–Crippen LogP) is 2.53. The number of nitrogens with one attached hydrogen (secondary N) is 1. The fraction of sp³-hybridized carbons (Fsp3) is 0.733. The zero-order valence-electron chi connectivity index (χ0n) is 12.4. The second-order valence-electron chi connectivity index (χ2n) is 5.56. The Balaban J connectivity index is 2.08. The van der Waals surface area contributed by atoms with E-state index in [0.29, 0.717) is 12.1 Å². The van der Waals surface area contributed by atoms with Gasteiger partial charge in [-0.25, -0.2) is 9.97 Å². The molecule has 2 atom stereocenters. The summed E-state index contributed by atoms with van der Waals surface area (Å²) in [7, 11) is 0. The summed E-state index contributed by atoms with van der Waals surface area (Å²) < 4.78 is 0. The van der Waals surface area contributed by atoms with Crippen molar-refractivity contribution >= 4 is 5.95 Å². The normalized spacial score (nSPS) is 21.4. The van der Waals surface area contributed by atoms with Crippen LogP contribution in [0, 0.1) is 6.92 Å². The van der Waals surface area contributed by atoms with Gasteiger partial charge in [-0.2, -0.15) is 0 Å². The fourth-order valence-corrected chi connectivity index (χ4v) is 2.77. The highest BCUT2D eigenvalue weighted by Gasteiger charge is 2.28. The number of nitrogens with zero attached hydrogens (tertiary/aromatic N) is 3. The molecule has 1 aromatic rings. The van der Waals surface area contributed by atoms with Crippen molar-refractivity contribution in [2.24, 2.45) is 0 Å². The van der Waals surface area contributed by atoms with Gasteiger partial charge in [-0.1, -0.05) is 6.92 Å². The Kier molecular flexibility index (Phi) is 5.14. The number of hydrogen-bond acceptors (Lipinski definition) is 4. The van der Waals surface area contributed by atoms with Gasteiger partial charge >= 0.3 is 0 Å². The smallest absolute Gasteiger partial charge is 0.225 e. The van der Waals surface area contributed by atoms with Gasteiger partial charge in [-0.15, -0.1) is 0 Å². The molecule has 2 heterocycles. The first kappa shape index (κ1) is 14.3. The summed E-state index contributed by atoms with van der Waals surface area (Å²) in [4.78, 5) is 11.4. The molecule has 106 valence electrons.